The van der Waals surface area contributed by atoms with Crippen molar-refractivity contribution in [2.75, 3.05) is 13.7 Å². The van der Waals surface area contributed by atoms with Crippen LogP contribution in [0.4, 0.5) is 0 Å². The van der Waals surface area contributed by atoms with Gasteiger partial charge in [0, 0.05) is 30.3 Å². The fourth-order valence-electron chi connectivity index (χ4n) is 4.22. The van der Waals surface area contributed by atoms with Gasteiger partial charge in [-0.1, -0.05) is 12.1 Å². The average Bonchev–Trinajstić information content (AvgIpc) is 3.28. The molecule has 1 N–H and O–H groups in total. The lowest BCUT2D eigenvalue weighted by molar-refractivity contribution is -0.140. The maximum absolute atomic E-state index is 11.8. The lowest BCUT2D eigenvalue weighted by Crippen LogP contribution is -2.32. The third-order valence-corrected chi connectivity index (χ3v) is 6.00. The molecule has 2 unspecified atom stereocenters. The number of rotatable bonds is 6. The summed E-state index contributed by atoms with van der Waals surface area (Å²) in [6, 6.07) is 13.7. The predicted molar refractivity (Wildman–Crippen MR) is 122 cm³/mol. The fraction of sp³-hybridized carbons (Fsp3) is 0.304. The summed E-state index contributed by atoms with van der Waals surface area (Å²) in [4.78, 5) is 23.0. The summed E-state index contributed by atoms with van der Waals surface area (Å²) >= 11 is 5.67. The first-order valence-electron chi connectivity index (χ1n) is 10.2. The SMILES string of the molecule is COC(=O)CCN1C(=S)NC(c2ccccn2)C1c1cc(C)n(-c2ccccn2)c1C. The molecule has 1 aliphatic heterocycles. The van der Waals surface area contributed by atoms with Crippen LogP contribution in [-0.4, -0.2) is 44.2 Å². The molecular weight excluding hydrogens is 410 g/mol. The van der Waals surface area contributed by atoms with Gasteiger partial charge in [-0.15, -0.1) is 0 Å². The van der Waals surface area contributed by atoms with Gasteiger partial charge in [-0.25, -0.2) is 4.98 Å². The van der Waals surface area contributed by atoms with Gasteiger partial charge >= 0.3 is 5.97 Å². The van der Waals surface area contributed by atoms with E-state index in [1.807, 2.05) is 36.4 Å². The summed E-state index contributed by atoms with van der Waals surface area (Å²) in [5, 5.41) is 4.03. The topological polar surface area (TPSA) is 72.3 Å². The number of hydrogen-bond donors (Lipinski definition) is 1. The van der Waals surface area contributed by atoms with Crippen molar-refractivity contribution in [3.63, 3.8) is 0 Å². The molecule has 4 heterocycles. The van der Waals surface area contributed by atoms with Crippen LogP contribution in [0, 0.1) is 13.8 Å². The van der Waals surface area contributed by atoms with E-state index in [1.54, 1.807) is 12.4 Å². The van der Waals surface area contributed by atoms with Gasteiger partial charge in [-0.2, -0.15) is 0 Å². The number of nitrogens with one attached hydrogen (secondary N) is 1. The van der Waals surface area contributed by atoms with Gasteiger partial charge in [-0.3, -0.25) is 9.78 Å². The Morgan fingerprint density at radius 2 is 1.90 bits per heavy atom. The van der Waals surface area contributed by atoms with Gasteiger partial charge in [0.05, 0.1) is 31.3 Å². The Balaban J connectivity index is 1.79. The number of aryl methyl sites for hydroxylation is 1. The number of thiocarbonyl (C=S) groups is 1. The first-order valence-corrected chi connectivity index (χ1v) is 10.6. The predicted octanol–water partition coefficient (Wildman–Crippen LogP) is 3.42. The normalized spacial score (nSPS) is 18.2. The highest BCUT2D eigenvalue weighted by Crippen LogP contribution is 2.41. The number of pyridine rings is 2. The number of hydrogen-bond acceptors (Lipinski definition) is 5. The molecule has 31 heavy (non-hydrogen) atoms. The van der Waals surface area contributed by atoms with E-state index < -0.39 is 0 Å². The number of ether oxygens (including phenoxy) is 1. The van der Waals surface area contributed by atoms with E-state index in [0.717, 1.165) is 28.5 Å². The molecule has 3 aromatic heterocycles. The molecule has 0 saturated carbocycles. The molecule has 0 aliphatic carbocycles. The molecule has 1 saturated heterocycles. The molecule has 7 nitrogen and oxygen atoms in total. The van der Waals surface area contributed by atoms with E-state index in [-0.39, 0.29) is 24.5 Å². The largest absolute Gasteiger partial charge is 0.469 e. The smallest absolute Gasteiger partial charge is 0.307 e. The third kappa shape index (κ3) is 4.03. The molecule has 1 aliphatic rings. The van der Waals surface area contributed by atoms with Crippen LogP contribution in [0.2, 0.25) is 0 Å². The van der Waals surface area contributed by atoms with Crippen LogP contribution in [0.5, 0.6) is 0 Å². The summed E-state index contributed by atoms with van der Waals surface area (Å²) in [6.07, 6.45) is 3.83. The van der Waals surface area contributed by atoms with Crippen molar-refractivity contribution in [2.45, 2.75) is 32.4 Å². The zero-order valence-corrected chi connectivity index (χ0v) is 18.6. The van der Waals surface area contributed by atoms with Crippen LogP contribution in [0.3, 0.4) is 0 Å². The molecule has 0 amide bonds. The molecule has 3 aromatic rings. The Labute approximate surface area is 187 Å². The van der Waals surface area contributed by atoms with E-state index in [2.05, 4.69) is 44.7 Å². The number of esters is 1. The molecule has 8 heteroatoms. The monoisotopic (exact) mass is 435 g/mol. The summed E-state index contributed by atoms with van der Waals surface area (Å²) in [5.41, 5.74) is 4.18. The quantitative estimate of drug-likeness (QED) is 0.470. The zero-order valence-electron chi connectivity index (χ0n) is 17.8. The van der Waals surface area contributed by atoms with E-state index in [4.69, 9.17) is 17.0 Å². The minimum atomic E-state index is -0.262. The molecule has 160 valence electrons. The molecule has 0 bridgehead atoms. The highest BCUT2D eigenvalue weighted by Gasteiger charge is 2.41. The maximum atomic E-state index is 11.8. The molecule has 0 radical (unpaired) electrons. The Morgan fingerprint density at radius 1 is 1.16 bits per heavy atom. The number of nitrogens with zero attached hydrogens (tertiary/aromatic N) is 4. The van der Waals surface area contributed by atoms with Crippen LogP contribution < -0.4 is 5.32 Å². The Hall–Kier alpha value is -3.26. The molecule has 0 aromatic carbocycles. The van der Waals surface area contributed by atoms with Gasteiger partial charge in [0.15, 0.2) is 5.11 Å². The average molecular weight is 436 g/mol. The Bertz CT molecular complexity index is 1080. The van der Waals surface area contributed by atoms with Crippen LogP contribution in [0.25, 0.3) is 5.82 Å². The number of carbonyl (C=O) groups excluding carboxylic acids is 1. The Morgan fingerprint density at radius 3 is 2.55 bits per heavy atom. The summed E-state index contributed by atoms with van der Waals surface area (Å²) < 4.78 is 6.99. The lowest BCUT2D eigenvalue weighted by Gasteiger charge is -2.27. The molecule has 4 rings (SSSR count). The minimum Gasteiger partial charge on any atom is -0.469 e. The van der Waals surface area contributed by atoms with Crippen LogP contribution >= 0.6 is 12.2 Å². The van der Waals surface area contributed by atoms with Crippen molar-refractivity contribution in [2.24, 2.45) is 0 Å². The van der Waals surface area contributed by atoms with Crippen molar-refractivity contribution in [3.8, 4) is 5.82 Å². The molecule has 0 spiro atoms. The number of carbonyl (C=O) groups is 1. The maximum Gasteiger partial charge on any atom is 0.307 e. The van der Waals surface area contributed by atoms with E-state index in [0.29, 0.717) is 11.7 Å². The second-order valence-electron chi connectivity index (χ2n) is 7.50. The summed E-state index contributed by atoms with van der Waals surface area (Å²) in [5.74, 6) is 0.606. The van der Waals surface area contributed by atoms with E-state index >= 15 is 0 Å². The summed E-state index contributed by atoms with van der Waals surface area (Å²) in [7, 11) is 1.40. The van der Waals surface area contributed by atoms with Crippen molar-refractivity contribution in [3.05, 3.63) is 77.5 Å². The lowest BCUT2D eigenvalue weighted by atomic mass is 9.96. The van der Waals surface area contributed by atoms with Crippen LogP contribution in [-0.2, 0) is 9.53 Å². The molecule has 1 fully saturated rings. The van der Waals surface area contributed by atoms with Gasteiger partial charge in [0.25, 0.3) is 0 Å². The third-order valence-electron chi connectivity index (χ3n) is 5.65. The first kappa shape index (κ1) is 21.0. The van der Waals surface area contributed by atoms with Gasteiger partial charge in [0.1, 0.15) is 5.82 Å². The van der Waals surface area contributed by atoms with Crippen LogP contribution in [0.15, 0.2) is 54.9 Å². The second kappa shape index (κ2) is 8.85. The van der Waals surface area contributed by atoms with Crippen molar-refractivity contribution in [1.29, 1.82) is 0 Å². The van der Waals surface area contributed by atoms with E-state index in [9.17, 15) is 4.79 Å². The highest BCUT2D eigenvalue weighted by molar-refractivity contribution is 7.80. The standard InChI is InChI=1S/C23H25N5O2S/c1-15-14-17(16(2)28(15)19-9-5-7-12-25-19)22-21(18-8-4-6-11-24-18)26-23(31)27(22)13-10-20(29)30-3/h4-9,11-12,14,21-22H,10,13H2,1-3H3,(H,26,31). The Kier molecular flexibility index (Phi) is 5.99. The van der Waals surface area contributed by atoms with Gasteiger partial charge in [0.2, 0.25) is 0 Å². The van der Waals surface area contributed by atoms with Crippen LogP contribution in [0.1, 0.15) is 41.1 Å². The number of aromatic nitrogens is 3. The molecular formula is C23H25N5O2S. The first-order chi connectivity index (χ1) is 15.0. The molecule has 2 atom stereocenters. The van der Waals surface area contributed by atoms with Crippen molar-refractivity contribution in [1.82, 2.24) is 24.8 Å². The van der Waals surface area contributed by atoms with E-state index in [1.165, 1.54) is 7.11 Å². The van der Waals surface area contributed by atoms with Crippen molar-refractivity contribution >= 4 is 23.3 Å². The second-order valence-corrected chi connectivity index (χ2v) is 7.88. The summed E-state index contributed by atoms with van der Waals surface area (Å²) in [6.45, 7) is 4.62. The number of methoxy groups -OCH3 is 1. The van der Waals surface area contributed by atoms with Gasteiger partial charge < -0.3 is 19.5 Å². The highest BCUT2D eigenvalue weighted by atomic mass is 32.1. The minimum absolute atomic E-state index is 0.115. The zero-order chi connectivity index (χ0) is 22.0. The van der Waals surface area contributed by atoms with Crippen molar-refractivity contribution < 1.29 is 9.53 Å². The fourth-order valence-corrected chi connectivity index (χ4v) is 4.56. The van der Waals surface area contributed by atoms with Gasteiger partial charge in [-0.05, 0) is 62.0 Å².